The Kier molecular flexibility index (Phi) is 5.57. The van der Waals surface area contributed by atoms with Crippen LogP contribution in [-0.4, -0.2) is 24.7 Å². The molecule has 0 aliphatic rings. The van der Waals surface area contributed by atoms with Gasteiger partial charge in [0, 0.05) is 12.1 Å². The summed E-state index contributed by atoms with van der Waals surface area (Å²) in [5.74, 6) is 0.900. The van der Waals surface area contributed by atoms with Gasteiger partial charge in [0.1, 0.15) is 0 Å². The van der Waals surface area contributed by atoms with Crippen molar-refractivity contribution in [2.75, 3.05) is 13.7 Å². The molecule has 0 amide bonds. The minimum atomic E-state index is -0.408. The molecule has 6 heteroatoms. The molecule has 0 radical (unpaired) electrons. The lowest BCUT2D eigenvalue weighted by molar-refractivity contribution is -0.385. The zero-order valence-electron chi connectivity index (χ0n) is 11.7. The number of nitrogens with zero attached hydrogens (tertiary/aromatic N) is 1. The third-order valence-electron chi connectivity index (χ3n) is 2.49. The van der Waals surface area contributed by atoms with Gasteiger partial charge >= 0.3 is 0 Å². The summed E-state index contributed by atoms with van der Waals surface area (Å²) in [4.78, 5) is 10.7. The van der Waals surface area contributed by atoms with Crippen molar-refractivity contribution in [3.8, 4) is 11.5 Å². The fourth-order valence-electron chi connectivity index (χ4n) is 1.67. The molecule has 0 fully saturated rings. The predicted molar refractivity (Wildman–Crippen MR) is 72.8 cm³/mol. The van der Waals surface area contributed by atoms with Crippen LogP contribution in [0.4, 0.5) is 5.69 Å². The Hall–Kier alpha value is -1.82. The molecule has 19 heavy (non-hydrogen) atoms. The molecule has 0 unspecified atom stereocenters. The molecule has 0 atom stereocenters. The molecule has 0 saturated heterocycles. The summed E-state index contributed by atoms with van der Waals surface area (Å²) < 4.78 is 10.8. The van der Waals surface area contributed by atoms with Gasteiger partial charge in [-0.05, 0) is 26.5 Å². The van der Waals surface area contributed by atoms with Crippen LogP contribution in [0.2, 0.25) is 0 Å². The van der Waals surface area contributed by atoms with Crippen LogP contribution in [0.5, 0.6) is 11.5 Å². The second-order valence-corrected chi connectivity index (χ2v) is 4.34. The number of hydrogen-bond acceptors (Lipinski definition) is 5. The summed E-state index contributed by atoms with van der Waals surface area (Å²) in [6.07, 6.45) is -0.0256. The Balaban J connectivity index is 3.21. The molecule has 1 aromatic rings. The van der Waals surface area contributed by atoms with Crippen LogP contribution < -0.4 is 14.8 Å². The average Bonchev–Trinajstić information content (AvgIpc) is 2.35. The smallest absolute Gasteiger partial charge is 0.277 e. The van der Waals surface area contributed by atoms with Crippen LogP contribution in [0.15, 0.2) is 12.1 Å². The minimum absolute atomic E-state index is 0.0256. The molecule has 0 aromatic heterocycles. The molecule has 1 aromatic carbocycles. The van der Waals surface area contributed by atoms with Crippen LogP contribution in [0.3, 0.4) is 0 Å². The highest BCUT2D eigenvalue weighted by atomic mass is 16.6. The minimum Gasteiger partial charge on any atom is -0.493 e. The van der Waals surface area contributed by atoms with E-state index in [2.05, 4.69) is 5.32 Å². The molecule has 0 spiro atoms. The van der Waals surface area contributed by atoms with Crippen molar-refractivity contribution in [3.05, 3.63) is 27.8 Å². The fourth-order valence-corrected chi connectivity index (χ4v) is 1.67. The second kappa shape index (κ2) is 6.94. The number of benzene rings is 1. The first kappa shape index (κ1) is 15.2. The number of methoxy groups -OCH3 is 1. The summed E-state index contributed by atoms with van der Waals surface area (Å²) in [5.41, 5.74) is 0.622. The first-order valence-electron chi connectivity index (χ1n) is 6.22. The average molecular weight is 268 g/mol. The van der Waals surface area contributed by atoms with E-state index in [0.717, 1.165) is 6.54 Å². The molecular weight excluding hydrogens is 248 g/mol. The maximum Gasteiger partial charge on any atom is 0.277 e. The largest absolute Gasteiger partial charge is 0.493 e. The summed E-state index contributed by atoms with van der Waals surface area (Å²) in [6.45, 7) is 6.89. The molecular formula is C13H20N2O4. The summed E-state index contributed by atoms with van der Waals surface area (Å²) in [7, 11) is 1.47. The van der Waals surface area contributed by atoms with Crippen molar-refractivity contribution < 1.29 is 14.4 Å². The van der Waals surface area contributed by atoms with Gasteiger partial charge in [-0.25, -0.2) is 0 Å². The Labute approximate surface area is 112 Å². The number of hydrogen-bond donors (Lipinski definition) is 1. The molecule has 0 saturated carbocycles. The normalized spacial score (nSPS) is 10.6. The third kappa shape index (κ3) is 4.10. The monoisotopic (exact) mass is 268 g/mol. The first-order valence-corrected chi connectivity index (χ1v) is 6.22. The Morgan fingerprint density at radius 3 is 2.53 bits per heavy atom. The van der Waals surface area contributed by atoms with Crippen molar-refractivity contribution in [1.82, 2.24) is 5.32 Å². The van der Waals surface area contributed by atoms with E-state index in [1.165, 1.54) is 13.2 Å². The quantitative estimate of drug-likeness (QED) is 0.607. The van der Waals surface area contributed by atoms with Gasteiger partial charge in [0.2, 0.25) is 0 Å². The molecule has 0 aliphatic heterocycles. The number of nitrogens with one attached hydrogen (secondary N) is 1. The second-order valence-electron chi connectivity index (χ2n) is 4.34. The molecule has 0 aliphatic carbocycles. The number of rotatable bonds is 7. The van der Waals surface area contributed by atoms with Gasteiger partial charge in [0.15, 0.2) is 11.5 Å². The van der Waals surface area contributed by atoms with E-state index >= 15 is 0 Å². The van der Waals surface area contributed by atoms with Crippen molar-refractivity contribution in [2.24, 2.45) is 0 Å². The first-order chi connectivity index (χ1) is 8.99. The van der Waals surface area contributed by atoms with E-state index in [4.69, 9.17) is 9.47 Å². The predicted octanol–water partition coefficient (Wildman–Crippen LogP) is 2.50. The summed E-state index contributed by atoms with van der Waals surface area (Å²) >= 11 is 0. The molecule has 6 nitrogen and oxygen atoms in total. The highest BCUT2D eigenvalue weighted by Gasteiger charge is 2.19. The zero-order chi connectivity index (χ0) is 14.4. The van der Waals surface area contributed by atoms with Gasteiger partial charge in [-0.1, -0.05) is 6.92 Å². The van der Waals surface area contributed by atoms with Crippen molar-refractivity contribution in [2.45, 2.75) is 33.4 Å². The van der Waals surface area contributed by atoms with E-state index in [0.29, 0.717) is 23.6 Å². The lowest BCUT2D eigenvalue weighted by Crippen LogP contribution is -2.14. The van der Waals surface area contributed by atoms with E-state index in [-0.39, 0.29) is 11.8 Å². The van der Waals surface area contributed by atoms with Gasteiger partial charge in [-0.3, -0.25) is 10.1 Å². The molecule has 0 heterocycles. The van der Waals surface area contributed by atoms with Gasteiger partial charge in [0.25, 0.3) is 5.69 Å². The highest BCUT2D eigenvalue weighted by Crippen LogP contribution is 2.35. The standard InChI is InChI=1S/C13H20N2O4/c1-5-14-8-10-6-13(19-9(2)3)12(18-4)7-11(10)15(16)17/h6-7,9,14H,5,8H2,1-4H3. The molecule has 106 valence electrons. The lowest BCUT2D eigenvalue weighted by atomic mass is 10.1. The van der Waals surface area contributed by atoms with E-state index < -0.39 is 4.92 Å². The van der Waals surface area contributed by atoms with Gasteiger partial charge in [-0.15, -0.1) is 0 Å². The maximum absolute atomic E-state index is 11.1. The van der Waals surface area contributed by atoms with Crippen LogP contribution in [0, 0.1) is 10.1 Å². The summed E-state index contributed by atoms with van der Waals surface area (Å²) in [6, 6.07) is 3.07. The highest BCUT2D eigenvalue weighted by molar-refractivity contribution is 5.54. The molecule has 0 bridgehead atoms. The molecule has 1 rings (SSSR count). The van der Waals surface area contributed by atoms with E-state index in [1.54, 1.807) is 6.07 Å². The zero-order valence-corrected chi connectivity index (χ0v) is 11.7. The third-order valence-corrected chi connectivity index (χ3v) is 2.49. The van der Waals surface area contributed by atoms with Crippen LogP contribution in [0.25, 0.3) is 0 Å². The number of nitro groups is 1. The lowest BCUT2D eigenvalue weighted by Gasteiger charge is -2.15. The van der Waals surface area contributed by atoms with Crippen molar-refractivity contribution >= 4 is 5.69 Å². The topological polar surface area (TPSA) is 73.6 Å². The Morgan fingerprint density at radius 2 is 2.05 bits per heavy atom. The Bertz CT molecular complexity index is 447. The Morgan fingerprint density at radius 1 is 1.37 bits per heavy atom. The van der Waals surface area contributed by atoms with E-state index in [9.17, 15) is 10.1 Å². The van der Waals surface area contributed by atoms with E-state index in [1.807, 2.05) is 20.8 Å². The number of nitro benzene ring substituents is 1. The molecule has 1 N–H and O–H groups in total. The van der Waals surface area contributed by atoms with Gasteiger partial charge in [-0.2, -0.15) is 0 Å². The van der Waals surface area contributed by atoms with Crippen LogP contribution in [-0.2, 0) is 6.54 Å². The van der Waals surface area contributed by atoms with Crippen molar-refractivity contribution in [1.29, 1.82) is 0 Å². The van der Waals surface area contributed by atoms with Crippen LogP contribution >= 0.6 is 0 Å². The number of ether oxygens (including phenoxy) is 2. The summed E-state index contributed by atoms with van der Waals surface area (Å²) in [5, 5.41) is 14.1. The maximum atomic E-state index is 11.1. The van der Waals surface area contributed by atoms with Gasteiger partial charge < -0.3 is 14.8 Å². The van der Waals surface area contributed by atoms with Crippen molar-refractivity contribution in [3.63, 3.8) is 0 Å². The SMILES string of the molecule is CCNCc1cc(OC(C)C)c(OC)cc1[N+](=O)[O-]. The van der Waals surface area contributed by atoms with Gasteiger partial charge in [0.05, 0.1) is 24.2 Å². The fraction of sp³-hybridized carbons (Fsp3) is 0.538. The van der Waals surface area contributed by atoms with Crippen LogP contribution in [0.1, 0.15) is 26.3 Å².